The molecule has 2 aromatic carbocycles. The lowest BCUT2D eigenvalue weighted by Crippen LogP contribution is -2.47. The molecule has 0 fully saturated rings. The third kappa shape index (κ3) is 6.04. The summed E-state index contributed by atoms with van der Waals surface area (Å²) in [5.74, 6) is 0.536. The molecule has 1 aliphatic heterocycles. The van der Waals surface area contributed by atoms with E-state index in [0.29, 0.717) is 12.2 Å². The number of carbonyl (C=O) groups excluding carboxylic acids is 1. The van der Waals surface area contributed by atoms with Crippen LogP contribution in [0.2, 0.25) is 0 Å². The molecule has 2 atom stereocenters. The van der Waals surface area contributed by atoms with Crippen LogP contribution >= 0.6 is 0 Å². The number of aromatic amines is 1. The summed E-state index contributed by atoms with van der Waals surface area (Å²) in [7, 11) is 0. The summed E-state index contributed by atoms with van der Waals surface area (Å²) in [5, 5.41) is 17.7. The van der Waals surface area contributed by atoms with Gasteiger partial charge in [-0.15, -0.1) is 10.2 Å². The number of nitrogens with one attached hydrogen (secondary N) is 2. The predicted octanol–water partition coefficient (Wildman–Crippen LogP) is 5.63. The highest BCUT2D eigenvalue weighted by Gasteiger charge is 2.35. The molecule has 3 heterocycles. The van der Waals surface area contributed by atoms with Crippen molar-refractivity contribution in [2.45, 2.75) is 97.2 Å². The van der Waals surface area contributed by atoms with Crippen molar-refractivity contribution >= 4 is 5.91 Å². The Morgan fingerprint density at radius 2 is 1.76 bits per heavy atom. The van der Waals surface area contributed by atoms with Gasteiger partial charge in [-0.2, -0.15) is 5.21 Å². The minimum atomic E-state index is -0.382. The molecular weight excluding hydrogens is 514 g/mol. The predicted molar refractivity (Wildman–Crippen MR) is 161 cm³/mol. The van der Waals surface area contributed by atoms with Gasteiger partial charge in [0.1, 0.15) is 6.04 Å². The summed E-state index contributed by atoms with van der Waals surface area (Å²) in [6.45, 7) is 10.3. The minimum Gasteiger partial charge on any atom is -0.350 e. The molecule has 0 spiro atoms. The van der Waals surface area contributed by atoms with Crippen LogP contribution in [0, 0.1) is 0 Å². The molecule has 9 heteroatoms. The van der Waals surface area contributed by atoms with Gasteiger partial charge >= 0.3 is 0 Å². The zero-order valence-corrected chi connectivity index (χ0v) is 24.8. The number of carbonyl (C=O) groups is 1. The minimum absolute atomic E-state index is 0.0129. The molecule has 0 radical (unpaired) electrons. The van der Waals surface area contributed by atoms with E-state index in [4.69, 9.17) is 0 Å². The molecule has 9 nitrogen and oxygen atoms in total. The fourth-order valence-corrected chi connectivity index (χ4v) is 5.91. The molecule has 1 amide bonds. The number of hydrogen-bond donors (Lipinski definition) is 2. The summed E-state index contributed by atoms with van der Waals surface area (Å²) >= 11 is 0. The van der Waals surface area contributed by atoms with Crippen LogP contribution in [0.15, 0.2) is 53.3 Å². The monoisotopic (exact) mass is 555 g/mol. The molecule has 0 saturated carbocycles. The number of tetrazole rings is 1. The first-order valence-corrected chi connectivity index (χ1v) is 14.8. The number of benzene rings is 2. The summed E-state index contributed by atoms with van der Waals surface area (Å²) in [6.07, 6.45) is 6.01. The quantitative estimate of drug-likeness (QED) is 0.260. The highest BCUT2D eigenvalue weighted by atomic mass is 16.2. The van der Waals surface area contributed by atoms with Crippen molar-refractivity contribution in [1.82, 2.24) is 35.3 Å². The Labute approximate surface area is 241 Å². The third-order valence-corrected chi connectivity index (χ3v) is 7.87. The van der Waals surface area contributed by atoms with E-state index in [1.165, 1.54) is 0 Å². The number of unbranched alkanes of at least 4 members (excludes halogenated alkanes) is 2. The van der Waals surface area contributed by atoms with Gasteiger partial charge in [-0.3, -0.25) is 14.3 Å². The van der Waals surface area contributed by atoms with Crippen LogP contribution in [0.5, 0.6) is 0 Å². The highest BCUT2D eigenvalue weighted by Crippen LogP contribution is 2.33. The van der Waals surface area contributed by atoms with Gasteiger partial charge in [-0.25, -0.2) is 4.68 Å². The molecular formula is C32H41N7O2. The van der Waals surface area contributed by atoms with Crippen LogP contribution in [0.3, 0.4) is 0 Å². The van der Waals surface area contributed by atoms with Crippen LogP contribution in [0.4, 0.5) is 0 Å². The Morgan fingerprint density at radius 1 is 1.02 bits per heavy atom. The number of aromatic nitrogens is 6. The normalized spacial score (nSPS) is 16.9. The van der Waals surface area contributed by atoms with E-state index in [2.05, 4.69) is 68.7 Å². The van der Waals surface area contributed by atoms with Crippen molar-refractivity contribution in [3.8, 4) is 22.5 Å². The van der Waals surface area contributed by atoms with Crippen molar-refractivity contribution in [3.63, 3.8) is 0 Å². The van der Waals surface area contributed by atoms with E-state index in [-0.39, 0.29) is 29.1 Å². The van der Waals surface area contributed by atoms with E-state index in [0.717, 1.165) is 72.0 Å². The maximum atomic E-state index is 14.0. The molecule has 2 aromatic heterocycles. The van der Waals surface area contributed by atoms with Gasteiger partial charge in [0.25, 0.3) is 5.56 Å². The molecule has 41 heavy (non-hydrogen) atoms. The van der Waals surface area contributed by atoms with Crippen molar-refractivity contribution in [1.29, 1.82) is 0 Å². The second-order valence-electron chi connectivity index (χ2n) is 12.2. The SMILES string of the molecule is CCCCCc1c(Cc2ccc(-c3ccccc3-c3nn[nH]n3)cc2)c(=O)n2n1C(C(=O)NC(C)(C)C)CCC2C. The molecule has 216 valence electrons. The average molecular weight is 556 g/mol. The third-order valence-electron chi connectivity index (χ3n) is 7.87. The maximum absolute atomic E-state index is 14.0. The smallest absolute Gasteiger partial charge is 0.270 e. The van der Waals surface area contributed by atoms with Gasteiger partial charge in [-0.05, 0) is 75.3 Å². The molecule has 4 aromatic rings. The van der Waals surface area contributed by atoms with Crippen LogP contribution < -0.4 is 10.9 Å². The Kier molecular flexibility index (Phi) is 8.24. The van der Waals surface area contributed by atoms with Gasteiger partial charge in [0.15, 0.2) is 0 Å². The summed E-state index contributed by atoms with van der Waals surface area (Å²) in [4.78, 5) is 27.5. The lowest BCUT2D eigenvalue weighted by atomic mass is 9.96. The molecule has 2 unspecified atom stereocenters. The van der Waals surface area contributed by atoms with Gasteiger partial charge in [0, 0.05) is 28.8 Å². The van der Waals surface area contributed by atoms with E-state index in [1.54, 1.807) is 0 Å². The van der Waals surface area contributed by atoms with Crippen molar-refractivity contribution in [2.24, 2.45) is 0 Å². The first kappa shape index (κ1) is 28.5. The Morgan fingerprint density at radius 3 is 2.41 bits per heavy atom. The van der Waals surface area contributed by atoms with E-state index in [1.807, 2.05) is 49.7 Å². The lowest BCUT2D eigenvalue weighted by Gasteiger charge is -2.34. The molecule has 0 aliphatic carbocycles. The first-order valence-electron chi connectivity index (χ1n) is 14.8. The highest BCUT2D eigenvalue weighted by molar-refractivity contribution is 5.81. The number of hydrogen-bond acceptors (Lipinski definition) is 5. The zero-order chi connectivity index (χ0) is 29.1. The lowest BCUT2D eigenvalue weighted by molar-refractivity contribution is -0.127. The molecule has 1 aliphatic rings. The summed E-state index contributed by atoms with van der Waals surface area (Å²) in [6, 6.07) is 16.0. The second kappa shape index (κ2) is 11.8. The van der Waals surface area contributed by atoms with Gasteiger partial charge in [0.2, 0.25) is 11.7 Å². The van der Waals surface area contributed by atoms with Gasteiger partial charge in [-0.1, -0.05) is 68.3 Å². The Hall–Kier alpha value is -4.01. The zero-order valence-electron chi connectivity index (χ0n) is 24.8. The van der Waals surface area contributed by atoms with Crippen molar-refractivity contribution in [3.05, 3.63) is 75.7 Å². The maximum Gasteiger partial charge on any atom is 0.270 e. The summed E-state index contributed by atoms with van der Waals surface area (Å²) in [5.41, 5.74) is 5.53. The Balaban J connectivity index is 1.51. The molecule has 0 bridgehead atoms. The van der Waals surface area contributed by atoms with Gasteiger partial charge in [0.05, 0.1) is 6.04 Å². The van der Waals surface area contributed by atoms with E-state index < -0.39 is 0 Å². The largest absolute Gasteiger partial charge is 0.350 e. The number of H-pyrrole nitrogens is 1. The van der Waals surface area contributed by atoms with Crippen LogP contribution in [-0.2, 0) is 17.6 Å². The van der Waals surface area contributed by atoms with Crippen molar-refractivity contribution in [2.75, 3.05) is 0 Å². The van der Waals surface area contributed by atoms with Crippen LogP contribution in [0.25, 0.3) is 22.5 Å². The molecule has 0 saturated heterocycles. The number of fused-ring (bicyclic) bond motifs is 1. The van der Waals surface area contributed by atoms with E-state index in [9.17, 15) is 9.59 Å². The van der Waals surface area contributed by atoms with Crippen LogP contribution in [0.1, 0.15) is 95.6 Å². The fourth-order valence-electron chi connectivity index (χ4n) is 5.91. The number of nitrogens with zero attached hydrogens (tertiary/aromatic N) is 5. The standard InChI is InChI=1S/C32H41N7O2/c1-6-7-8-13-27-26(31(41)38-21(2)14-19-28(39(27)38)30(40)33-32(3,4)5)20-22-15-17-23(18-16-22)24-11-9-10-12-25(24)29-34-36-37-35-29/h9-12,15-18,21,28H,6-8,13-14,19-20H2,1-5H3,(H,33,40)(H,34,35,36,37). The topological polar surface area (TPSA) is 110 Å². The average Bonchev–Trinajstić information content (AvgIpc) is 3.57. The summed E-state index contributed by atoms with van der Waals surface area (Å²) < 4.78 is 3.92. The fraction of sp³-hybridized carbons (Fsp3) is 0.469. The molecule has 2 N–H and O–H groups in total. The van der Waals surface area contributed by atoms with Gasteiger partial charge < -0.3 is 5.32 Å². The van der Waals surface area contributed by atoms with E-state index >= 15 is 0 Å². The second-order valence-corrected chi connectivity index (χ2v) is 12.2. The molecule has 5 rings (SSSR count). The number of rotatable bonds is 9. The number of amides is 1. The van der Waals surface area contributed by atoms with Crippen LogP contribution in [-0.4, -0.2) is 41.4 Å². The Bertz CT molecular complexity index is 1540. The van der Waals surface area contributed by atoms with Crippen molar-refractivity contribution < 1.29 is 4.79 Å². The first-order chi connectivity index (χ1) is 19.7.